The molecule has 8 nitrogen and oxygen atoms in total. The molecule has 6 aliphatic carbocycles. The first kappa shape index (κ1) is 24.9. The van der Waals surface area contributed by atoms with E-state index in [1.54, 1.807) is 0 Å². The molecule has 8 unspecified atom stereocenters. The predicted octanol–water partition coefficient (Wildman–Crippen LogP) is 4.28. The first-order valence-corrected chi connectivity index (χ1v) is 16.6. The zero-order valence-electron chi connectivity index (χ0n) is 22.7. The molecular weight excluding hydrogens is 569 g/mol. The fourth-order valence-corrected chi connectivity index (χ4v) is 12.3. The molecule has 4 heterocycles. The van der Waals surface area contributed by atoms with E-state index in [4.69, 9.17) is 0 Å². The molecule has 4 fully saturated rings. The van der Waals surface area contributed by atoms with Crippen LogP contribution >= 0.6 is 22.7 Å². The molecular formula is C32H26N4O4S2. The number of anilines is 2. The van der Waals surface area contributed by atoms with Crippen molar-refractivity contribution in [3.8, 4) is 12.1 Å². The van der Waals surface area contributed by atoms with E-state index in [0.717, 1.165) is 72.2 Å². The van der Waals surface area contributed by atoms with E-state index < -0.39 is 23.7 Å². The zero-order chi connectivity index (χ0) is 28.6. The largest absolute Gasteiger partial charge is 0.274 e. The number of amides is 4. The lowest BCUT2D eigenvalue weighted by Crippen LogP contribution is -2.63. The summed E-state index contributed by atoms with van der Waals surface area (Å²) in [5, 5.41) is 21.0. The number of rotatable bonds is 2. The van der Waals surface area contributed by atoms with Gasteiger partial charge in [-0.25, -0.2) is 9.80 Å². The summed E-state index contributed by atoms with van der Waals surface area (Å²) in [6, 6.07) is 4.59. The molecule has 2 saturated carbocycles. The number of fused-ring (bicyclic) bond motifs is 3. The van der Waals surface area contributed by atoms with Crippen LogP contribution in [0.2, 0.25) is 0 Å². The number of nitriles is 2. The number of nitrogens with zero attached hydrogens (tertiary/aromatic N) is 4. The first-order valence-electron chi connectivity index (χ1n) is 15.0. The Hall–Kier alpha value is -3.60. The van der Waals surface area contributed by atoms with Gasteiger partial charge < -0.3 is 0 Å². The van der Waals surface area contributed by atoms with Crippen LogP contribution in [0.4, 0.5) is 10.0 Å². The van der Waals surface area contributed by atoms with Gasteiger partial charge in [0.05, 0.1) is 34.8 Å². The molecule has 210 valence electrons. The molecule has 0 aromatic carbocycles. The minimum atomic E-state index is -0.582. The summed E-state index contributed by atoms with van der Waals surface area (Å²) < 4.78 is 0. The van der Waals surface area contributed by atoms with Crippen molar-refractivity contribution in [3.05, 3.63) is 44.2 Å². The highest BCUT2D eigenvalue weighted by molar-refractivity contribution is 7.17. The van der Waals surface area contributed by atoms with Crippen LogP contribution in [0, 0.1) is 70.0 Å². The SMILES string of the molecule is N#Cc1c(N2C(=O)C3C4C=CC(C3C2=O)C2C3C(=O)N(c5sc6c(c5C#N)CCCC6)C(=O)C3C42)sc2c1CCCC2. The fourth-order valence-electron chi connectivity index (χ4n) is 9.65. The number of hydrogen-bond acceptors (Lipinski definition) is 8. The second kappa shape index (κ2) is 8.49. The fraction of sp³-hybridized carbons (Fsp3) is 0.500. The number of aryl methyl sites for hydroxylation is 2. The lowest BCUT2D eigenvalue weighted by Gasteiger charge is -2.60. The summed E-state index contributed by atoms with van der Waals surface area (Å²) in [5.41, 5.74) is 2.90. The van der Waals surface area contributed by atoms with Crippen molar-refractivity contribution in [2.45, 2.75) is 51.4 Å². The summed E-state index contributed by atoms with van der Waals surface area (Å²) in [4.78, 5) is 60.9. The normalized spacial score (nSPS) is 35.3. The number of imide groups is 2. The highest BCUT2D eigenvalue weighted by Crippen LogP contribution is 2.69. The van der Waals surface area contributed by atoms with Gasteiger partial charge in [-0.2, -0.15) is 10.5 Å². The Labute approximate surface area is 250 Å². The van der Waals surface area contributed by atoms with Crippen LogP contribution in [0.3, 0.4) is 0 Å². The molecule has 2 aromatic heterocycles. The van der Waals surface area contributed by atoms with Gasteiger partial charge in [0.1, 0.15) is 22.1 Å². The molecule has 8 aliphatic rings. The lowest BCUT2D eigenvalue weighted by atomic mass is 9.40. The molecule has 2 saturated heterocycles. The number of carbonyl (C=O) groups excluding carboxylic acids is 4. The molecule has 0 spiro atoms. The lowest BCUT2D eigenvalue weighted by molar-refractivity contribution is -0.166. The van der Waals surface area contributed by atoms with E-state index in [1.807, 2.05) is 12.2 Å². The van der Waals surface area contributed by atoms with Crippen molar-refractivity contribution in [2.75, 3.05) is 9.80 Å². The van der Waals surface area contributed by atoms with Crippen LogP contribution in [-0.2, 0) is 44.9 Å². The molecule has 8 atom stereocenters. The standard InChI is InChI=1S/C32H26N4O4S2/c33-11-17-13-5-1-3-7-19(13)41-31(17)35-27(37)23-15-9-10-16(24(23)28(35)38)22-21(15)25-26(22)30(40)36(29(25)39)32-18(12-34)14-6-2-4-8-20(14)42-32/h9-10,15-16,21-26H,1-8H2. The maximum Gasteiger partial charge on any atom is 0.239 e. The first-order chi connectivity index (χ1) is 20.5. The highest BCUT2D eigenvalue weighted by Gasteiger charge is 2.75. The molecule has 2 aromatic rings. The van der Waals surface area contributed by atoms with Gasteiger partial charge in [0.15, 0.2) is 0 Å². The van der Waals surface area contributed by atoms with E-state index in [1.165, 1.54) is 32.5 Å². The summed E-state index contributed by atoms with van der Waals surface area (Å²) in [6.45, 7) is 0. The topological polar surface area (TPSA) is 122 Å². The summed E-state index contributed by atoms with van der Waals surface area (Å²) in [6.07, 6.45) is 11.4. The second-order valence-corrected chi connectivity index (χ2v) is 15.0. The van der Waals surface area contributed by atoms with E-state index >= 15 is 0 Å². The van der Waals surface area contributed by atoms with Gasteiger partial charge in [-0.05, 0) is 86.2 Å². The van der Waals surface area contributed by atoms with Crippen molar-refractivity contribution in [3.63, 3.8) is 0 Å². The van der Waals surface area contributed by atoms with E-state index in [2.05, 4.69) is 12.1 Å². The molecule has 2 aliphatic heterocycles. The molecule has 10 rings (SSSR count). The Morgan fingerprint density at radius 2 is 0.976 bits per heavy atom. The van der Waals surface area contributed by atoms with Gasteiger partial charge in [-0.1, -0.05) is 12.2 Å². The zero-order valence-corrected chi connectivity index (χ0v) is 24.3. The summed E-state index contributed by atoms with van der Waals surface area (Å²) in [7, 11) is 0. The third-order valence-electron chi connectivity index (χ3n) is 11.3. The molecule has 0 N–H and O–H groups in total. The van der Waals surface area contributed by atoms with Crippen LogP contribution in [0.5, 0.6) is 0 Å². The molecule has 4 amide bonds. The van der Waals surface area contributed by atoms with Crippen molar-refractivity contribution >= 4 is 56.3 Å². The van der Waals surface area contributed by atoms with Gasteiger partial charge >= 0.3 is 0 Å². The van der Waals surface area contributed by atoms with Gasteiger partial charge in [0.2, 0.25) is 23.6 Å². The summed E-state index contributed by atoms with van der Waals surface area (Å²) in [5.74, 6) is -4.28. The van der Waals surface area contributed by atoms with Crippen LogP contribution in [0.15, 0.2) is 12.2 Å². The van der Waals surface area contributed by atoms with Crippen LogP contribution < -0.4 is 9.80 Å². The minimum Gasteiger partial charge on any atom is -0.274 e. The number of carbonyl (C=O) groups is 4. The quantitative estimate of drug-likeness (QED) is 0.378. The van der Waals surface area contributed by atoms with Crippen molar-refractivity contribution < 1.29 is 19.2 Å². The molecule has 10 heteroatoms. The Kier molecular flexibility index (Phi) is 5.04. The maximum atomic E-state index is 14.1. The Balaban J connectivity index is 1.08. The third-order valence-corrected chi connectivity index (χ3v) is 13.8. The average Bonchev–Trinajstić information content (AvgIpc) is 3.67. The Morgan fingerprint density at radius 1 is 0.595 bits per heavy atom. The van der Waals surface area contributed by atoms with E-state index in [9.17, 15) is 29.7 Å². The Morgan fingerprint density at radius 3 is 1.38 bits per heavy atom. The maximum absolute atomic E-state index is 14.1. The average molecular weight is 595 g/mol. The second-order valence-electron chi connectivity index (χ2n) is 12.8. The third kappa shape index (κ3) is 2.81. The molecule has 0 radical (unpaired) electrons. The number of hydrogen-bond donors (Lipinski definition) is 0. The number of allylic oxidation sites excluding steroid dienone is 2. The monoisotopic (exact) mass is 594 g/mol. The number of thiophene rings is 2. The van der Waals surface area contributed by atoms with Gasteiger partial charge in [0.25, 0.3) is 0 Å². The van der Waals surface area contributed by atoms with Crippen molar-refractivity contribution in [1.82, 2.24) is 0 Å². The van der Waals surface area contributed by atoms with Gasteiger partial charge in [-0.3, -0.25) is 19.2 Å². The van der Waals surface area contributed by atoms with Crippen molar-refractivity contribution in [1.29, 1.82) is 10.5 Å². The molecule has 2 bridgehead atoms. The van der Waals surface area contributed by atoms with Crippen LogP contribution in [0.25, 0.3) is 0 Å². The summed E-state index contributed by atoms with van der Waals surface area (Å²) >= 11 is 2.82. The van der Waals surface area contributed by atoms with Crippen molar-refractivity contribution in [2.24, 2.45) is 47.3 Å². The van der Waals surface area contributed by atoms with Gasteiger partial charge in [0, 0.05) is 9.75 Å². The molecule has 42 heavy (non-hydrogen) atoms. The Bertz CT molecular complexity index is 1730. The predicted molar refractivity (Wildman–Crippen MR) is 153 cm³/mol. The highest BCUT2D eigenvalue weighted by atomic mass is 32.1. The van der Waals surface area contributed by atoms with Crippen LogP contribution in [0.1, 0.15) is 57.7 Å². The van der Waals surface area contributed by atoms with Crippen LogP contribution in [-0.4, -0.2) is 23.6 Å². The van der Waals surface area contributed by atoms with Gasteiger partial charge in [-0.15, -0.1) is 22.7 Å². The smallest absolute Gasteiger partial charge is 0.239 e. The van der Waals surface area contributed by atoms with E-state index in [-0.39, 0.29) is 47.3 Å². The minimum absolute atomic E-state index is 0.184. The van der Waals surface area contributed by atoms with E-state index in [0.29, 0.717) is 21.1 Å².